The Hall–Kier alpha value is -2.08. The number of hydrogen-bond acceptors (Lipinski definition) is 4. The lowest BCUT2D eigenvalue weighted by molar-refractivity contribution is -0.121. The second-order valence-electron chi connectivity index (χ2n) is 6.07. The maximum Gasteiger partial charge on any atom is 0.307 e. The molecular weight excluding hydrogens is 324 g/mol. The highest BCUT2D eigenvalue weighted by Gasteiger charge is 2.12. The minimum atomic E-state index is -0.117. The third kappa shape index (κ3) is 4.96. The van der Waals surface area contributed by atoms with Crippen molar-refractivity contribution in [3.63, 3.8) is 0 Å². The number of carbonyl (C=O) groups excluding carboxylic acids is 1. The van der Waals surface area contributed by atoms with Gasteiger partial charge >= 0.3 is 4.87 Å². The largest absolute Gasteiger partial charge is 0.491 e. The predicted molar refractivity (Wildman–Crippen MR) is 96.7 cm³/mol. The summed E-state index contributed by atoms with van der Waals surface area (Å²) >= 11 is 1.16. The van der Waals surface area contributed by atoms with Gasteiger partial charge in [0, 0.05) is 24.0 Å². The van der Waals surface area contributed by atoms with Crippen LogP contribution in [0.25, 0.3) is 0 Å². The number of nitrogens with zero attached hydrogens (tertiary/aromatic N) is 1. The van der Waals surface area contributed by atoms with Gasteiger partial charge in [-0.05, 0) is 45.4 Å². The number of nitrogens with one attached hydrogen (secondary N) is 1. The van der Waals surface area contributed by atoms with Gasteiger partial charge in [-0.25, -0.2) is 0 Å². The van der Waals surface area contributed by atoms with Gasteiger partial charge < -0.3 is 14.6 Å². The van der Waals surface area contributed by atoms with Crippen LogP contribution in [0.4, 0.5) is 0 Å². The van der Waals surface area contributed by atoms with Gasteiger partial charge in [-0.3, -0.25) is 9.59 Å². The van der Waals surface area contributed by atoms with Crippen LogP contribution >= 0.6 is 11.3 Å². The number of aromatic nitrogens is 1. The van der Waals surface area contributed by atoms with Crippen molar-refractivity contribution in [3.05, 3.63) is 50.6 Å². The minimum absolute atomic E-state index is 0.0214. The van der Waals surface area contributed by atoms with E-state index in [-0.39, 0.29) is 29.3 Å². The third-order valence-electron chi connectivity index (χ3n) is 3.65. The van der Waals surface area contributed by atoms with Crippen molar-refractivity contribution < 1.29 is 9.53 Å². The Balaban J connectivity index is 1.93. The van der Waals surface area contributed by atoms with Crippen LogP contribution in [0.15, 0.2) is 34.4 Å². The average Bonchev–Trinajstić information content (AvgIpc) is 2.83. The molecule has 0 aliphatic heterocycles. The SMILES string of the molecule is Cc1csc(=O)n1CCC(=O)NC(C)c1cccc(OC(C)C)c1. The van der Waals surface area contributed by atoms with Crippen LogP contribution in [-0.4, -0.2) is 16.6 Å². The first kappa shape index (κ1) is 18.3. The molecule has 2 rings (SSSR count). The number of hydrogen-bond donors (Lipinski definition) is 1. The van der Waals surface area contributed by atoms with Crippen LogP contribution in [0.2, 0.25) is 0 Å². The van der Waals surface area contributed by atoms with E-state index < -0.39 is 0 Å². The molecule has 0 bridgehead atoms. The molecule has 0 aliphatic carbocycles. The Kier molecular flexibility index (Phi) is 6.20. The van der Waals surface area contributed by atoms with Crippen LogP contribution in [-0.2, 0) is 11.3 Å². The van der Waals surface area contributed by atoms with Crippen molar-refractivity contribution in [2.24, 2.45) is 0 Å². The van der Waals surface area contributed by atoms with Crippen molar-refractivity contribution in [3.8, 4) is 5.75 Å². The summed E-state index contributed by atoms with van der Waals surface area (Å²) in [5, 5.41) is 4.78. The van der Waals surface area contributed by atoms with Crippen molar-refractivity contribution in [1.29, 1.82) is 0 Å². The first-order valence-electron chi connectivity index (χ1n) is 8.07. The number of aryl methyl sites for hydroxylation is 1. The zero-order valence-corrected chi connectivity index (χ0v) is 15.4. The van der Waals surface area contributed by atoms with Crippen LogP contribution < -0.4 is 14.9 Å². The van der Waals surface area contributed by atoms with Gasteiger partial charge in [-0.1, -0.05) is 23.5 Å². The normalized spacial score (nSPS) is 12.2. The number of amides is 1. The highest BCUT2D eigenvalue weighted by atomic mass is 32.1. The summed E-state index contributed by atoms with van der Waals surface area (Å²) in [6.07, 6.45) is 0.390. The summed E-state index contributed by atoms with van der Waals surface area (Å²) in [5.41, 5.74) is 1.88. The van der Waals surface area contributed by atoms with Gasteiger partial charge in [0.1, 0.15) is 5.75 Å². The van der Waals surface area contributed by atoms with E-state index in [9.17, 15) is 9.59 Å². The van der Waals surface area contributed by atoms with E-state index in [1.54, 1.807) is 4.57 Å². The summed E-state index contributed by atoms with van der Waals surface area (Å²) in [7, 11) is 0. The lowest BCUT2D eigenvalue weighted by Crippen LogP contribution is -2.28. The second-order valence-corrected chi connectivity index (χ2v) is 6.89. The average molecular weight is 348 g/mol. The molecule has 0 saturated carbocycles. The standard InChI is InChI=1S/C18H24N2O3S/c1-12(2)23-16-7-5-6-15(10-16)14(4)19-17(21)8-9-20-13(3)11-24-18(20)22/h5-7,10-12,14H,8-9H2,1-4H3,(H,19,21). The number of rotatable bonds is 7. The zero-order valence-electron chi connectivity index (χ0n) is 14.5. The van der Waals surface area contributed by atoms with E-state index in [2.05, 4.69) is 5.32 Å². The van der Waals surface area contributed by atoms with Crippen molar-refractivity contribution in [2.75, 3.05) is 0 Å². The van der Waals surface area contributed by atoms with E-state index in [0.717, 1.165) is 28.3 Å². The maximum absolute atomic E-state index is 12.2. The number of thiazole rings is 1. The fourth-order valence-corrected chi connectivity index (χ4v) is 3.18. The molecule has 1 unspecified atom stereocenters. The molecule has 0 radical (unpaired) electrons. The van der Waals surface area contributed by atoms with Crippen molar-refractivity contribution >= 4 is 17.2 Å². The molecule has 1 atom stereocenters. The third-order valence-corrected chi connectivity index (χ3v) is 4.53. The van der Waals surface area contributed by atoms with E-state index >= 15 is 0 Å². The molecule has 1 aromatic carbocycles. The van der Waals surface area contributed by atoms with Crippen LogP contribution in [0, 0.1) is 6.92 Å². The lowest BCUT2D eigenvalue weighted by atomic mass is 10.1. The van der Waals surface area contributed by atoms with E-state index in [1.807, 2.05) is 57.3 Å². The topological polar surface area (TPSA) is 60.3 Å². The molecule has 24 heavy (non-hydrogen) atoms. The van der Waals surface area contributed by atoms with Gasteiger partial charge in [0.05, 0.1) is 12.1 Å². The minimum Gasteiger partial charge on any atom is -0.491 e. The van der Waals surface area contributed by atoms with Gasteiger partial charge in [0.2, 0.25) is 5.91 Å². The predicted octanol–water partition coefficient (Wildman–Crippen LogP) is 3.27. The van der Waals surface area contributed by atoms with Gasteiger partial charge in [0.25, 0.3) is 0 Å². The molecule has 1 N–H and O–H groups in total. The molecule has 0 spiro atoms. The Bertz CT molecular complexity index is 749. The molecule has 1 amide bonds. The summed E-state index contributed by atoms with van der Waals surface area (Å²) < 4.78 is 7.31. The van der Waals surface area contributed by atoms with Gasteiger partial charge in [-0.2, -0.15) is 0 Å². The molecule has 0 fully saturated rings. The zero-order chi connectivity index (χ0) is 17.7. The van der Waals surface area contributed by atoms with Crippen molar-refractivity contribution in [1.82, 2.24) is 9.88 Å². The molecule has 0 aliphatic rings. The molecule has 2 aromatic rings. The molecule has 0 saturated heterocycles. The van der Waals surface area contributed by atoms with E-state index in [1.165, 1.54) is 0 Å². The molecule has 6 heteroatoms. The fourth-order valence-electron chi connectivity index (χ4n) is 2.41. The fraction of sp³-hybridized carbons (Fsp3) is 0.444. The Morgan fingerprint density at radius 2 is 2.08 bits per heavy atom. The first-order valence-corrected chi connectivity index (χ1v) is 8.95. The number of ether oxygens (including phenoxy) is 1. The Labute approximate surface area is 146 Å². The van der Waals surface area contributed by atoms with E-state index in [0.29, 0.717) is 6.54 Å². The monoisotopic (exact) mass is 348 g/mol. The van der Waals surface area contributed by atoms with Crippen LogP contribution in [0.1, 0.15) is 44.5 Å². The van der Waals surface area contributed by atoms with Crippen molar-refractivity contribution in [2.45, 2.75) is 52.8 Å². The first-order chi connectivity index (χ1) is 11.4. The summed E-state index contributed by atoms with van der Waals surface area (Å²) in [6, 6.07) is 7.62. The number of benzene rings is 1. The van der Waals surface area contributed by atoms with Crippen LogP contribution in [0.3, 0.4) is 0 Å². The summed E-state index contributed by atoms with van der Waals surface area (Å²) in [4.78, 5) is 23.8. The maximum atomic E-state index is 12.2. The Morgan fingerprint density at radius 3 is 2.71 bits per heavy atom. The quantitative estimate of drug-likeness (QED) is 0.835. The Morgan fingerprint density at radius 1 is 1.33 bits per heavy atom. The smallest absolute Gasteiger partial charge is 0.307 e. The highest BCUT2D eigenvalue weighted by molar-refractivity contribution is 7.07. The molecule has 130 valence electrons. The lowest BCUT2D eigenvalue weighted by Gasteiger charge is -2.17. The van der Waals surface area contributed by atoms with E-state index in [4.69, 9.17) is 4.74 Å². The molecular formula is C18H24N2O3S. The summed E-state index contributed by atoms with van der Waals surface area (Å²) in [5.74, 6) is 0.722. The van der Waals surface area contributed by atoms with Gasteiger partial charge in [0.15, 0.2) is 0 Å². The van der Waals surface area contributed by atoms with Crippen LogP contribution in [0.5, 0.6) is 5.75 Å². The number of carbonyl (C=O) groups is 1. The van der Waals surface area contributed by atoms with Gasteiger partial charge in [-0.15, -0.1) is 0 Å². The second kappa shape index (κ2) is 8.15. The molecule has 1 heterocycles. The molecule has 5 nitrogen and oxygen atoms in total. The summed E-state index contributed by atoms with van der Waals surface area (Å²) in [6.45, 7) is 8.18. The molecule has 1 aromatic heterocycles. The highest BCUT2D eigenvalue weighted by Crippen LogP contribution is 2.20.